The number of carbonyl (C=O) groups is 1. The molecule has 6 heteroatoms. The van der Waals surface area contributed by atoms with Crippen LogP contribution in [0.5, 0.6) is 0 Å². The molecule has 34 heavy (non-hydrogen) atoms. The molecule has 1 aliphatic carbocycles. The van der Waals surface area contributed by atoms with E-state index in [2.05, 4.69) is 53.4 Å². The summed E-state index contributed by atoms with van der Waals surface area (Å²) in [5.41, 5.74) is 2.90. The van der Waals surface area contributed by atoms with Crippen LogP contribution in [0.15, 0.2) is 42.6 Å². The zero-order chi connectivity index (χ0) is 24.4. The Bertz CT molecular complexity index is 1190. The van der Waals surface area contributed by atoms with Crippen molar-refractivity contribution >= 4 is 17.2 Å². The van der Waals surface area contributed by atoms with Crippen LogP contribution in [0.2, 0.25) is 0 Å². The number of aryl methyl sites for hydroxylation is 1. The minimum atomic E-state index is -1.02. The topological polar surface area (TPSA) is 87.2 Å². The molecule has 1 aromatic carbocycles. The maximum Gasteiger partial charge on any atom is 0.291 e. The number of benzene rings is 1. The Hall–Kier alpha value is -2.70. The van der Waals surface area contributed by atoms with Gasteiger partial charge in [0, 0.05) is 36.0 Å². The average Bonchev–Trinajstić information content (AvgIpc) is 3.28. The molecule has 5 rings (SSSR count). The second-order valence-corrected chi connectivity index (χ2v) is 11.7. The Morgan fingerprint density at radius 2 is 1.85 bits per heavy atom. The van der Waals surface area contributed by atoms with Crippen LogP contribution in [-0.2, 0) is 10.3 Å². The van der Waals surface area contributed by atoms with Crippen molar-refractivity contribution in [2.45, 2.75) is 83.5 Å². The fourth-order valence-corrected chi connectivity index (χ4v) is 5.81. The molecule has 2 bridgehead atoms. The van der Waals surface area contributed by atoms with Gasteiger partial charge >= 0.3 is 0 Å². The summed E-state index contributed by atoms with van der Waals surface area (Å²) in [7, 11) is 0. The van der Waals surface area contributed by atoms with Crippen LogP contribution in [0.1, 0.15) is 87.2 Å². The first-order chi connectivity index (χ1) is 15.9. The minimum Gasteiger partial charge on any atom is -0.385 e. The number of hydrogen-bond acceptors (Lipinski definition) is 4. The highest BCUT2D eigenvalue weighted by atomic mass is 16.5. The Morgan fingerprint density at radius 1 is 1.15 bits per heavy atom. The molecule has 3 aliphatic rings. The molecule has 0 radical (unpaired) electrons. The number of ether oxygens (including phenoxy) is 1. The molecule has 0 saturated carbocycles. The zero-order valence-corrected chi connectivity index (χ0v) is 20.8. The van der Waals surface area contributed by atoms with Crippen LogP contribution in [0.4, 0.5) is 5.69 Å². The number of nitrogens with zero attached hydrogens (tertiary/aromatic N) is 1. The summed E-state index contributed by atoms with van der Waals surface area (Å²) in [5.74, 6) is 0.0173. The Balaban J connectivity index is 1.53. The van der Waals surface area contributed by atoms with Crippen LogP contribution in [0, 0.1) is 12.3 Å². The lowest BCUT2D eigenvalue weighted by Crippen LogP contribution is -2.49. The third-order valence-corrected chi connectivity index (χ3v) is 7.58. The van der Waals surface area contributed by atoms with Crippen LogP contribution in [-0.4, -0.2) is 32.2 Å². The quantitative estimate of drug-likeness (QED) is 0.514. The standard InChI is InChI=1S/C28H35N3O3/c1-18-15-29-23(30-18)24(32)31-22-7-6-20(14-21(22)19-8-10-25(2,3)11-9-19)28(33)16-26(4)12-13-27(5,17-28)34-26/h6-8,12-15,33H,9-11,16-17H2,1-5H3,(H,29,30)(H,31,32)/t26-,27+,28?. The van der Waals surface area contributed by atoms with E-state index in [0.717, 1.165) is 41.8 Å². The predicted molar refractivity (Wildman–Crippen MR) is 133 cm³/mol. The van der Waals surface area contributed by atoms with Crippen LogP contribution < -0.4 is 5.32 Å². The number of fused-ring (bicyclic) bond motifs is 2. The summed E-state index contributed by atoms with van der Waals surface area (Å²) in [5, 5.41) is 14.9. The van der Waals surface area contributed by atoms with Crippen molar-refractivity contribution in [1.82, 2.24) is 9.97 Å². The van der Waals surface area contributed by atoms with E-state index in [1.807, 2.05) is 32.9 Å². The Labute approximate surface area is 201 Å². The number of imidazole rings is 1. The lowest BCUT2D eigenvalue weighted by Gasteiger charge is -2.46. The monoisotopic (exact) mass is 461 g/mol. The molecule has 1 fully saturated rings. The van der Waals surface area contributed by atoms with Gasteiger partial charge in [0.2, 0.25) is 0 Å². The molecule has 2 aliphatic heterocycles. The number of rotatable bonds is 4. The summed E-state index contributed by atoms with van der Waals surface area (Å²) in [6.07, 6.45) is 12.1. The van der Waals surface area contributed by atoms with Crippen molar-refractivity contribution in [3.63, 3.8) is 0 Å². The molecule has 3 heterocycles. The van der Waals surface area contributed by atoms with E-state index in [1.54, 1.807) is 6.20 Å². The summed E-state index contributed by atoms with van der Waals surface area (Å²) < 4.78 is 6.24. The fraction of sp³-hybridized carbons (Fsp3) is 0.500. The van der Waals surface area contributed by atoms with E-state index in [9.17, 15) is 9.90 Å². The summed E-state index contributed by atoms with van der Waals surface area (Å²) in [6.45, 7) is 10.5. The van der Waals surface area contributed by atoms with Gasteiger partial charge in [-0.15, -0.1) is 0 Å². The van der Waals surface area contributed by atoms with Gasteiger partial charge in [0.25, 0.3) is 5.91 Å². The van der Waals surface area contributed by atoms with Gasteiger partial charge in [0.15, 0.2) is 5.82 Å². The third-order valence-electron chi connectivity index (χ3n) is 7.58. The van der Waals surface area contributed by atoms with Crippen molar-refractivity contribution in [1.29, 1.82) is 0 Å². The number of amides is 1. The van der Waals surface area contributed by atoms with Gasteiger partial charge in [-0.25, -0.2) is 4.98 Å². The molecule has 1 amide bonds. The van der Waals surface area contributed by atoms with Crippen LogP contribution in [0.3, 0.4) is 0 Å². The Morgan fingerprint density at radius 3 is 2.44 bits per heavy atom. The minimum absolute atomic E-state index is 0.267. The van der Waals surface area contributed by atoms with Gasteiger partial charge in [0.1, 0.15) is 0 Å². The van der Waals surface area contributed by atoms with Crippen molar-refractivity contribution < 1.29 is 14.6 Å². The number of aromatic nitrogens is 2. The molecule has 1 aromatic heterocycles. The second-order valence-electron chi connectivity index (χ2n) is 11.7. The number of nitrogens with one attached hydrogen (secondary N) is 2. The summed E-state index contributed by atoms with van der Waals surface area (Å²) >= 11 is 0. The molecule has 2 aromatic rings. The number of aromatic amines is 1. The normalized spacial score (nSPS) is 31.9. The zero-order valence-electron chi connectivity index (χ0n) is 20.8. The Kier molecular flexibility index (Phi) is 5.19. The molecule has 3 N–H and O–H groups in total. The van der Waals surface area contributed by atoms with E-state index in [-0.39, 0.29) is 17.1 Å². The van der Waals surface area contributed by atoms with Crippen LogP contribution in [0.25, 0.3) is 5.57 Å². The molecular weight excluding hydrogens is 426 g/mol. The van der Waals surface area contributed by atoms with Gasteiger partial charge < -0.3 is 20.1 Å². The SMILES string of the molecule is Cc1cnc(C(=O)Nc2ccc(C3(O)C[C@]4(C)C=C[C@](C)(C3)O4)cc2C2=CCC(C)(C)CC2)[nH]1. The maximum atomic E-state index is 12.9. The molecule has 180 valence electrons. The number of hydrogen-bond donors (Lipinski definition) is 3. The van der Waals surface area contributed by atoms with E-state index in [0.29, 0.717) is 12.8 Å². The van der Waals surface area contributed by atoms with E-state index in [4.69, 9.17) is 4.74 Å². The number of anilines is 1. The highest BCUT2D eigenvalue weighted by molar-refractivity contribution is 6.03. The molecule has 3 atom stereocenters. The molecule has 1 saturated heterocycles. The fourth-order valence-electron chi connectivity index (χ4n) is 5.81. The van der Waals surface area contributed by atoms with Crippen LogP contribution >= 0.6 is 0 Å². The number of carbonyl (C=O) groups excluding carboxylic acids is 1. The van der Waals surface area contributed by atoms with E-state index in [1.165, 1.54) is 5.57 Å². The average molecular weight is 462 g/mol. The lowest BCUT2D eigenvalue weighted by atomic mass is 9.74. The number of aliphatic hydroxyl groups is 1. The largest absolute Gasteiger partial charge is 0.385 e. The second kappa shape index (κ2) is 7.65. The molecule has 1 unspecified atom stereocenters. The molecular formula is C28H35N3O3. The lowest BCUT2D eigenvalue weighted by molar-refractivity contribution is -0.186. The van der Waals surface area contributed by atoms with Crippen molar-refractivity contribution in [3.8, 4) is 0 Å². The highest BCUT2D eigenvalue weighted by Gasteiger charge is 2.53. The smallest absolute Gasteiger partial charge is 0.291 e. The van der Waals surface area contributed by atoms with Crippen molar-refractivity contribution in [3.05, 3.63) is 65.3 Å². The van der Waals surface area contributed by atoms with Gasteiger partial charge in [0.05, 0.1) is 16.8 Å². The maximum absolute atomic E-state index is 12.9. The molecule has 6 nitrogen and oxygen atoms in total. The van der Waals surface area contributed by atoms with E-state index >= 15 is 0 Å². The molecule has 0 spiro atoms. The van der Waals surface area contributed by atoms with Crippen molar-refractivity contribution in [2.75, 3.05) is 5.32 Å². The highest BCUT2D eigenvalue weighted by Crippen LogP contribution is 2.52. The summed E-state index contributed by atoms with van der Waals surface area (Å²) in [4.78, 5) is 20.1. The number of H-pyrrole nitrogens is 1. The van der Waals surface area contributed by atoms with E-state index < -0.39 is 16.8 Å². The first-order valence-electron chi connectivity index (χ1n) is 12.2. The van der Waals surface area contributed by atoms with Gasteiger partial charge in [-0.1, -0.05) is 38.1 Å². The predicted octanol–water partition coefficient (Wildman–Crippen LogP) is 5.65. The first-order valence-corrected chi connectivity index (χ1v) is 12.2. The van der Waals surface area contributed by atoms with Gasteiger partial charge in [-0.05, 0) is 68.7 Å². The van der Waals surface area contributed by atoms with Gasteiger partial charge in [-0.2, -0.15) is 0 Å². The first kappa shape index (κ1) is 23.1. The number of allylic oxidation sites excluding steroid dienone is 2. The summed E-state index contributed by atoms with van der Waals surface area (Å²) in [6, 6.07) is 5.94. The third kappa shape index (κ3) is 4.25. The van der Waals surface area contributed by atoms with Crippen molar-refractivity contribution in [2.24, 2.45) is 5.41 Å². The van der Waals surface area contributed by atoms with Gasteiger partial charge in [-0.3, -0.25) is 4.79 Å².